The van der Waals surface area contributed by atoms with Crippen molar-refractivity contribution in [3.05, 3.63) is 29.6 Å². The van der Waals surface area contributed by atoms with Crippen LogP contribution in [0.15, 0.2) is 18.2 Å². The standard InChI is InChI=1S/C15H24FNO4/c1-11(17-2)12-4-5-15(14(16)8-12)21-10-13(18)9-20-7-6-19-3/h4-5,8,11,13,17-18H,6-7,9-10H2,1-3H3. The molecule has 0 radical (unpaired) electrons. The zero-order valence-corrected chi connectivity index (χ0v) is 12.8. The minimum Gasteiger partial charge on any atom is -0.488 e. The van der Waals surface area contributed by atoms with Crippen LogP contribution >= 0.6 is 0 Å². The van der Waals surface area contributed by atoms with Crippen LogP contribution in [0.5, 0.6) is 5.75 Å². The van der Waals surface area contributed by atoms with Crippen LogP contribution in [0, 0.1) is 5.82 Å². The molecule has 0 aromatic heterocycles. The van der Waals surface area contributed by atoms with E-state index in [2.05, 4.69) is 5.32 Å². The number of aliphatic hydroxyl groups excluding tert-OH is 1. The molecule has 5 nitrogen and oxygen atoms in total. The van der Waals surface area contributed by atoms with Gasteiger partial charge in [0.15, 0.2) is 11.6 Å². The second-order valence-electron chi connectivity index (χ2n) is 4.73. The highest BCUT2D eigenvalue weighted by Gasteiger charge is 2.11. The third kappa shape index (κ3) is 6.39. The van der Waals surface area contributed by atoms with Gasteiger partial charge in [0, 0.05) is 13.2 Å². The lowest BCUT2D eigenvalue weighted by atomic mass is 10.1. The maximum Gasteiger partial charge on any atom is 0.165 e. The van der Waals surface area contributed by atoms with E-state index in [1.54, 1.807) is 19.2 Å². The van der Waals surface area contributed by atoms with Crippen molar-refractivity contribution in [3.8, 4) is 5.75 Å². The van der Waals surface area contributed by atoms with Gasteiger partial charge in [0.1, 0.15) is 12.7 Å². The van der Waals surface area contributed by atoms with E-state index in [9.17, 15) is 9.50 Å². The first-order valence-electron chi connectivity index (χ1n) is 6.92. The van der Waals surface area contributed by atoms with Gasteiger partial charge in [-0.3, -0.25) is 0 Å². The van der Waals surface area contributed by atoms with E-state index in [0.717, 1.165) is 5.56 Å². The molecular formula is C15H24FNO4. The Balaban J connectivity index is 2.41. The number of halogens is 1. The fraction of sp³-hybridized carbons (Fsp3) is 0.600. The van der Waals surface area contributed by atoms with Crippen molar-refractivity contribution < 1.29 is 23.7 Å². The molecule has 1 rings (SSSR count). The average Bonchev–Trinajstić information content (AvgIpc) is 2.49. The normalized spacial score (nSPS) is 14.0. The lowest BCUT2D eigenvalue weighted by molar-refractivity contribution is -0.00469. The molecular weight excluding hydrogens is 277 g/mol. The van der Waals surface area contributed by atoms with Crippen molar-refractivity contribution in [2.75, 3.05) is 40.6 Å². The summed E-state index contributed by atoms with van der Waals surface area (Å²) in [4.78, 5) is 0. The molecule has 6 heteroatoms. The quantitative estimate of drug-likeness (QED) is 0.642. The van der Waals surface area contributed by atoms with Crippen LogP contribution in [0.4, 0.5) is 4.39 Å². The van der Waals surface area contributed by atoms with Crippen LogP contribution in [0.25, 0.3) is 0 Å². The monoisotopic (exact) mass is 301 g/mol. The number of methoxy groups -OCH3 is 1. The molecule has 0 amide bonds. The minimum atomic E-state index is -0.808. The topological polar surface area (TPSA) is 60.0 Å². The molecule has 0 spiro atoms. The second kappa shape index (κ2) is 9.68. The Morgan fingerprint density at radius 3 is 2.67 bits per heavy atom. The van der Waals surface area contributed by atoms with Crippen LogP contribution in [0.1, 0.15) is 18.5 Å². The molecule has 0 aliphatic rings. The zero-order chi connectivity index (χ0) is 15.7. The molecule has 1 aromatic rings. The first-order valence-corrected chi connectivity index (χ1v) is 6.92. The highest BCUT2D eigenvalue weighted by molar-refractivity contribution is 5.30. The first kappa shape index (κ1) is 17.8. The molecule has 0 bridgehead atoms. The van der Waals surface area contributed by atoms with Crippen molar-refractivity contribution in [2.45, 2.75) is 19.1 Å². The first-order chi connectivity index (χ1) is 10.1. The number of aliphatic hydroxyl groups is 1. The third-order valence-electron chi connectivity index (χ3n) is 3.06. The molecule has 1 aromatic carbocycles. The predicted octanol–water partition coefficient (Wildman–Crippen LogP) is 1.51. The lowest BCUT2D eigenvalue weighted by Crippen LogP contribution is -2.24. The van der Waals surface area contributed by atoms with Gasteiger partial charge in [-0.2, -0.15) is 0 Å². The fourth-order valence-electron chi connectivity index (χ4n) is 1.67. The molecule has 21 heavy (non-hydrogen) atoms. The molecule has 0 fully saturated rings. The number of rotatable bonds is 10. The van der Waals surface area contributed by atoms with Crippen molar-refractivity contribution in [1.29, 1.82) is 0 Å². The molecule has 120 valence electrons. The van der Waals surface area contributed by atoms with Crippen molar-refractivity contribution in [3.63, 3.8) is 0 Å². The minimum absolute atomic E-state index is 0.0230. The Morgan fingerprint density at radius 2 is 2.05 bits per heavy atom. The van der Waals surface area contributed by atoms with Gasteiger partial charge >= 0.3 is 0 Å². The summed E-state index contributed by atoms with van der Waals surface area (Å²) in [5.41, 5.74) is 0.839. The van der Waals surface area contributed by atoms with Crippen molar-refractivity contribution in [1.82, 2.24) is 5.32 Å². The largest absolute Gasteiger partial charge is 0.488 e. The highest BCUT2D eigenvalue weighted by Crippen LogP contribution is 2.22. The summed E-state index contributed by atoms with van der Waals surface area (Å²) in [5.74, 6) is -0.319. The van der Waals surface area contributed by atoms with Gasteiger partial charge in [-0.25, -0.2) is 4.39 Å². The van der Waals surface area contributed by atoms with E-state index < -0.39 is 11.9 Å². The Hall–Kier alpha value is -1.21. The van der Waals surface area contributed by atoms with Gasteiger partial charge in [-0.05, 0) is 31.7 Å². The van der Waals surface area contributed by atoms with Gasteiger partial charge in [0.05, 0.1) is 19.8 Å². The van der Waals surface area contributed by atoms with E-state index >= 15 is 0 Å². The van der Waals surface area contributed by atoms with Crippen LogP contribution in [-0.4, -0.2) is 51.8 Å². The summed E-state index contributed by atoms with van der Waals surface area (Å²) in [7, 11) is 3.39. The fourth-order valence-corrected chi connectivity index (χ4v) is 1.67. The zero-order valence-electron chi connectivity index (χ0n) is 12.8. The lowest BCUT2D eigenvalue weighted by Gasteiger charge is -2.15. The van der Waals surface area contributed by atoms with Crippen LogP contribution < -0.4 is 10.1 Å². The number of benzene rings is 1. The smallest absolute Gasteiger partial charge is 0.165 e. The van der Waals surface area contributed by atoms with E-state index in [4.69, 9.17) is 14.2 Å². The summed E-state index contributed by atoms with van der Waals surface area (Å²) in [6.07, 6.45) is -0.808. The van der Waals surface area contributed by atoms with Crippen LogP contribution in [0.2, 0.25) is 0 Å². The van der Waals surface area contributed by atoms with Gasteiger partial charge in [0.2, 0.25) is 0 Å². The van der Waals surface area contributed by atoms with E-state index in [1.807, 2.05) is 14.0 Å². The maximum absolute atomic E-state index is 13.9. The van der Waals surface area contributed by atoms with Gasteiger partial charge in [0.25, 0.3) is 0 Å². The summed E-state index contributed by atoms with van der Waals surface area (Å²) in [6, 6.07) is 4.85. The summed E-state index contributed by atoms with van der Waals surface area (Å²) in [6.45, 7) is 2.91. The predicted molar refractivity (Wildman–Crippen MR) is 78.1 cm³/mol. The number of hydrogen-bond donors (Lipinski definition) is 2. The van der Waals surface area contributed by atoms with Gasteiger partial charge in [-0.1, -0.05) is 6.07 Å². The van der Waals surface area contributed by atoms with Crippen molar-refractivity contribution >= 4 is 0 Å². The van der Waals surface area contributed by atoms with Crippen molar-refractivity contribution in [2.24, 2.45) is 0 Å². The summed E-state index contributed by atoms with van der Waals surface area (Å²) < 4.78 is 29.1. The van der Waals surface area contributed by atoms with E-state index in [0.29, 0.717) is 13.2 Å². The Morgan fingerprint density at radius 1 is 1.29 bits per heavy atom. The molecule has 0 aliphatic heterocycles. The molecule has 2 atom stereocenters. The molecule has 2 N–H and O–H groups in total. The van der Waals surface area contributed by atoms with Crippen LogP contribution in [0.3, 0.4) is 0 Å². The molecule has 0 aliphatic carbocycles. The summed E-state index contributed by atoms with van der Waals surface area (Å²) >= 11 is 0. The number of ether oxygens (including phenoxy) is 3. The van der Waals surface area contributed by atoms with Crippen LogP contribution in [-0.2, 0) is 9.47 Å². The highest BCUT2D eigenvalue weighted by atomic mass is 19.1. The van der Waals surface area contributed by atoms with Gasteiger partial charge < -0.3 is 24.6 Å². The molecule has 0 heterocycles. The summed E-state index contributed by atoms with van der Waals surface area (Å²) in [5, 5.41) is 12.7. The second-order valence-corrected chi connectivity index (χ2v) is 4.73. The van der Waals surface area contributed by atoms with Gasteiger partial charge in [-0.15, -0.1) is 0 Å². The Bertz CT molecular complexity index is 417. The number of nitrogens with one attached hydrogen (secondary N) is 1. The molecule has 0 saturated heterocycles. The van der Waals surface area contributed by atoms with E-state index in [1.165, 1.54) is 6.07 Å². The van der Waals surface area contributed by atoms with E-state index in [-0.39, 0.29) is 25.0 Å². The molecule has 2 unspecified atom stereocenters. The number of hydrogen-bond acceptors (Lipinski definition) is 5. The molecule has 0 saturated carbocycles. The Kier molecular flexibility index (Phi) is 8.22. The SMILES string of the molecule is CNC(C)c1ccc(OCC(O)COCCOC)c(F)c1. The maximum atomic E-state index is 13.9. The Labute approximate surface area is 125 Å². The average molecular weight is 301 g/mol. The third-order valence-corrected chi connectivity index (χ3v) is 3.06.